The van der Waals surface area contributed by atoms with Crippen molar-refractivity contribution in [3.05, 3.63) is 53.2 Å². The van der Waals surface area contributed by atoms with Crippen LogP contribution in [0.3, 0.4) is 0 Å². The molecule has 0 saturated carbocycles. The van der Waals surface area contributed by atoms with Crippen LogP contribution in [-0.2, 0) is 10.2 Å². The SMILES string of the molecule is C=C1CC(c2ccc(C(C)(C)C)cc2)=C(C#N)C(=O)N1. The summed E-state index contributed by atoms with van der Waals surface area (Å²) >= 11 is 0. The van der Waals surface area contributed by atoms with Crippen LogP contribution in [0, 0.1) is 11.3 Å². The molecule has 0 saturated heterocycles. The Kier molecular flexibility index (Phi) is 3.50. The third-order valence-electron chi connectivity index (χ3n) is 3.42. The molecule has 1 aromatic carbocycles. The average molecular weight is 266 g/mol. The predicted molar refractivity (Wildman–Crippen MR) is 79.6 cm³/mol. The Morgan fingerprint density at radius 1 is 1.25 bits per heavy atom. The Bertz CT molecular complexity index is 637. The second-order valence-corrected chi connectivity index (χ2v) is 6.03. The molecular formula is C17H18N2O. The number of hydrogen-bond donors (Lipinski definition) is 1. The van der Waals surface area contributed by atoms with E-state index >= 15 is 0 Å². The van der Waals surface area contributed by atoms with Crippen LogP contribution in [0.5, 0.6) is 0 Å². The Morgan fingerprint density at radius 2 is 1.85 bits per heavy atom. The molecule has 3 heteroatoms. The fraction of sp³-hybridized carbons (Fsp3) is 0.294. The van der Waals surface area contributed by atoms with Gasteiger partial charge < -0.3 is 5.32 Å². The van der Waals surface area contributed by atoms with E-state index in [0.717, 1.165) is 11.1 Å². The van der Waals surface area contributed by atoms with Crippen LogP contribution < -0.4 is 5.32 Å². The van der Waals surface area contributed by atoms with Crippen molar-refractivity contribution in [1.82, 2.24) is 5.32 Å². The second kappa shape index (κ2) is 4.97. The Hall–Kier alpha value is -2.34. The van der Waals surface area contributed by atoms with Crippen LogP contribution in [0.15, 0.2) is 42.1 Å². The molecule has 0 fully saturated rings. The predicted octanol–water partition coefficient (Wildman–Crippen LogP) is 3.29. The topological polar surface area (TPSA) is 52.9 Å². The number of carbonyl (C=O) groups excluding carboxylic acids is 1. The van der Waals surface area contributed by atoms with E-state index in [0.29, 0.717) is 12.1 Å². The first kappa shape index (κ1) is 14.1. The molecule has 0 aromatic heterocycles. The van der Waals surface area contributed by atoms with Gasteiger partial charge in [0.1, 0.15) is 11.6 Å². The van der Waals surface area contributed by atoms with Gasteiger partial charge in [-0.1, -0.05) is 51.6 Å². The molecule has 0 spiro atoms. The lowest BCUT2D eigenvalue weighted by molar-refractivity contribution is -0.116. The molecular weight excluding hydrogens is 248 g/mol. The zero-order chi connectivity index (χ0) is 14.9. The van der Waals surface area contributed by atoms with Gasteiger partial charge in [0.2, 0.25) is 0 Å². The van der Waals surface area contributed by atoms with Gasteiger partial charge >= 0.3 is 0 Å². The maximum atomic E-state index is 11.8. The summed E-state index contributed by atoms with van der Waals surface area (Å²) in [6.07, 6.45) is 0.503. The van der Waals surface area contributed by atoms with E-state index in [1.54, 1.807) is 0 Å². The Morgan fingerprint density at radius 3 is 2.35 bits per heavy atom. The summed E-state index contributed by atoms with van der Waals surface area (Å²) in [7, 11) is 0. The molecule has 0 bridgehead atoms. The largest absolute Gasteiger partial charge is 0.325 e. The molecule has 1 aliphatic rings. The first-order valence-corrected chi connectivity index (χ1v) is 6.56. The maximum absolute atomic E-state index is 11.8. The summed E-state index contributed by atoms with van der Waals surface area (Å²) in [5.74, 6) is -0.362. The van der Waals surface area contributed by atoms with Gasteiger partial charge in [0, 0.05) is 12.1 Å². The van der Waals surface area contributed by atoms with Gasteiger partial charge in [0.05, 0.1) is 0 Å². The molecule has 20 heavy (non-hydrogen) atoms. The first-order valence-electron chi connectivity index (χ1n) is 6.56. The number of rotatable bonds is 1. The summed E-state index contributed by atoms with van der Waals surface area (Å²) < 4.78 is 0. The Balaban J connectivity index is 2.47. The van der Waals surface area contributed by atoms with E-state index in [9.17, 15) is 4.79 Å². The highest BCUT2D eigenvalue weighted by atomic mass is 16.1. The van der Waals surface area contributed by atoms with Crippen LogP contribution in [-0.4, -0.2) is 5.91 Å². The van der Waals surface area contributed by atoms with Crippen molar-refractivity contribution in [2.24, 2.45) is 0 Å². The standard InChI is InChI=1S/C17H18N2O/c1-11-9-14(15(10-18)16(20)19-11)12-5-7-13(8-6-12)17(2,3)4/h5-8H,1,9H2,2-4H3,(H,19,20). The molecule has 102 valence electrons. The molecule has 1 heterocycles. The normalized spacial score (nSPS) is 15.9. The van der Waals surface area contributed by atoms with E-state index < -0.39 is 0 Å². The van der Waals surface area contributed by atoms with Crippen LogP contribution in [0.4, 0.5) is 0 Å². The minimum absolute atomic E-state index is 0.0819. The maximum Gasteiger partial charge on any atom is 0.266 e. The molecule has 0 radical (unpaired) electrons. The van der Waals surface area contributed by atoms with Crippen LogP contribution in [0.25, 0.3) is 5.57 Å². The van der Waals surface area contributed by atoms with Crippen molar-refractivity contribution < 1.29 is 4.79 Å². The quantitative estimate of drug-likeness (QED) is 0.848. The van der Waals surface area contributed by atoms with Gasteiger partial charge in [-0.15, -0.1) is 0 Å². The summed E-state index contributed by atoms with van der Waals surface area (Å²) in [6, 6.07) is 10.0. The average Bonchev–Trinajstić information content (AvgIpc) is 2.37. The second-order valence-electron chi connectivity index (χ2n) is 6.03. The van der Waals surface area contributed by atoms with Gasteiger partial charge in [-0.3, -0.25) is 4.79 Å². The number of allylic oxidation sites excluding steroid dienone is 1. The number of carbonyl (C=O) groups is 1. The van der Waals surface area contributed by atoms with Crippen molar-refractivity contribution in [2.45, 2.75) is 32.6 Å². The van der Waals surface area contributed by atoms with Gasteiger partial charge in [0.15, 0.2) is 0 Å². The van der Waals surface area contributed by atoms with E-state index in [4.69, 9.17) is 5.26 Å². The fourth-order valence-electron chi connectivity index (χ4n) is 2.24. The van der Waals surface area contributed by atoms with E-state index in [-0.39, 0.29) is 16.9 Å². The highest BCUT2D eigenvalue weighted by Crippen LogP contribution is 2.30. The van der Waals surface area contributed by atoms with E-state index in [1.165, 1.54) is 5.56 Å². The van der Waals surface area contributed by atoms with Crippen molar-refractivity contribution in [2.75, 3.05) is 0 Å². The number of nitrogens with zero attached hydrogens (tertiary/aromatic N) is 1. The monoisotopic (exact) mass is 266 g/mol. The third kappa shape index (κ3) is 2.65. The van der Waals surface area contributed by atoms with E-state index in [2.05, 4.69) is 32.7 Å². The number of nitrogens with one attached hydrogen (secondary N) is 1. The molecule has 3 nitrogen and oxygen atoms in total. The van der Waals surface area contributed by atoms with Crippen molar-refractivity contribution >= 4 is 11.5 Å². The molecule has 2 rings (SSSR count). The highest BCUT2D eigenvalue weighted by Gasteiger charge is 2.23. The van der Waals surface area contributed by atoms with Crippen molar-refractivity contribution in [3.63, 3.8) is 0 Å². The number of nitriles is 1. The summed E-state index contributed by atoms with van der Waals surface area (Å²) in [4.78, 5) is 11.8. The Labute approximate surface area is 119 Å². The minimum atomic E-state index is -0.362. The fourth-order valence-corrected chi connectivity index (χ4v) is 2.24. The molecule has 1 N–H and O–H groups in total. The minimum Gasteiger partial charge on any atom is -0.325 e. The molecule has 0 aliphatic carbocycles. The van der Waals surface area contributed by atoms with Crippen LogP contribution in [0.2, 0.25) is 0 Å². The first-order chi connectivity index (χ1) is 9.32. The third-order valence-corrected chi connectivity index (χ3v) is 3.42. The smallest absolute Gasteiger partial charge is 0.266 e. The highest BCUT2D eigenvalue weighted by molar-refractivity contribution is 6.07. The molecule has 1 amide bonds. The molecule has 1 aromatic rings. The van der Waals surface area contributed by atoms with Crippen LogP contribution >= 0.6 is 0 Å². The molecule has 1 aliphatic heterocycles. The van der Waals surface area contributed by atoms with E-state index in [1.807, 2.05) is 30.3 Å². The lowest BCUT2D eigenvalue weighted by Crippen LogP contribution is -2.28. The number of amides is 1. The summed E-state index contributed by atoms with van der Waals surface area (Å²) in [5, 5.41) is 11.8. The lowest BCUT2D eigenvalue weighted by Gasteiger charge is -2.21. The number of benzene rings is 1. The van der Waals surface area contributed by atoms with Crippen LogP contribution in [0.1, 0.15) is 38.3 Å². The molecule has 0 atom stereocenters. The lowest BCUT2D eigenvalue weighted by atomic mass is 9.85. The van der Waals surface area contributed by atoms with Crippen molar-refractivity contribution in [1.29, 1.82) is 5.26 Å². The van der Waals surface area contributed by atoms with Crippen molar-refractivity contribution in [3.8, 4) is 6.07 Å². The zero-order valence-electron chi connectivity index (χ0n) is 12.1. The van der Waals surface area contributed by atoms with Gasteiger partial charge in [-0.05, 0) is 22.1 Å². The summed E-state index contributed by atoms with van der Waals surface area (Å²) in [5.41, 5.74) is 3.77. The van der Waals surface area contributed by atoms with Gasteiger partial charge in [-0.25, -0.2) is 0 Å². The zero-order valence-corrected chi connectivity index (χ0v) is 12.1. The van der Waals surface area contributed by atoms with Gasteiger partial charge in [0.25, 0.3) is 5.91 Å². The summed E-state index contributed by atoms with van der Waals surface area (Å²) in [6.45, 7) is 10.2. The molecule has 0 unspecified atom stereocenters. The number of hydrogen-bond acceptors (Lipinski definition) is 2. The van der Waals surface area contributed by atoms with Gasteiger partial charge in [-0.2, -0.15) is 5.26 Å².